The Bertz CT molecular complexity index is 745. The lowest BCUT2D eigenvalue weighted by Gasteiger charge is -2.44. The van der Waals surface area contributed by atoms with Crippen LogP contribution < -0.4 is 4.74 Å². The average molecular weight is 365 g/mol. The summed E-state index contributed by atoms with van der Waals surface area (Å²) in [6.45, 7) is 5.90. The van der Waals surface area contributed by atoms with Gasteiger partial charge in [0.05, 0.1) is 18.6 Å². The van der Waals surface area contributed by atoms with E-state index >= 15 is 0 Å². The minimum Gasteiger partial charge on any atom is -0.496 e. The molecule has 2 saturated heterocycles. The molecular formula is C19H28N2O3S. The highest BCUT2D eigenvalue weighted by atomic mass is 32.2. The van der Waals surface area contributed by atoms with Gasteiger partial charge < -0.3 is 4.74 Å². The number of sulfone groups is 1. The molecule has 138 valence electrons. The van der Waals surface area contributed by atoms with Gasteiger partial charge >= 0.3 is 0 Å². The van der Waals surface area contributed by atoms with Crippen LogP contribution in [0.4, 0.5) is 0 Å². The fourth-order valence-electron chi connectivity index (χ4n) is 4.43. The van der Waals surface area contributed by atoms with Crippen molar-refractivity contribution in [2.75, 3.05) is 38.2 Å². The lowest BCUT2D eigenvalue weighted by atomic mass is 10.0. The second-order valence-corrected chi connectivity index (χ2v) is 10.1. The number of aryl methyl sites for hydroxylation is 1. The molecular weight excluding hydrogens is 336 g/mol. The second kappa shape index (κ2) is 6.56. The van der Waals surface area contributed by atoms with E-state index in [2.05, 4.69) is 28.9 Å². The number of hydrogen-bond acceptors (Lipinski definition) is 5. The first kappa shape index (κ1) is 17.3. The Morgan fingerprint density at radius 1 is 1.12 bits per heavy atom. The van der Waals surface area contributed by atoms with Gasteiger partial charge in [0.15, 0.2) is 9.84 Å². The maximum absolute atomic E-state index is 12.3. The smallest absolute Gasteiger partial charge is 0.153 e. The summed E-state index contributed by atoms with van der Waals surface area (Å²) >= 11 is 0. The quantitative estimate of drug-likeness (QED) is 0.796. The van der Waals surface area contributed by atoms with Gasteiger partial charge in [0, 0.05) is 38.3 Å². The third-order valence-electron chi connectivity index (χ3n) is 5.94. The minimum absolute atomic E-state index is 0.139. The molecule has 2 atom stereocenters. The van der Waals surface area contributed by atoms with Gasteiger partial charge in [0.1, 0.15) is 5.75 Å². The predicted octanol–water partition coefficient (Wildman–Crippen LogP) is 1.70. The normalized spacial score (nSPS) is 29.5. The van der Waals surface area contributed by atoms with Crippen LogP contribution in [-0.2, 0) is 16.4 Å². The van der Waals surface area contributed by atoms with E-state index in [0.717, 1.165) is 43.4 Å². The molecule has 2 aliphatic heterocycles. The topological polar surface area (TPSA) is 49.9 Å². The van der Waals surface area contributed by atoms with Crippen molar-refractivity contribution < 1.29 is 13.2 Å². The summed E-state index contributed by atoms with van der Waals surface area (Å²) in [7, 11) is -1.23. The number of piperazine rings is 1. The number of fused-ring (bicyclic) bond motifs is 1. The predicted molar refractivity (Wildman–Crippen MR) is 98.7 cm³/mol. The molecule has 1 saturated carbocycles. The van der Waals surface area contributed by atoms with E-state index in [1.807, 2.05) is 6.07 Å². The van der Waals surface area contributed by atoms with Crippen molar-refractivity contribution in [3.05, 3.63) is 29.3 Å². The Morgan fingerprint density at radius 3 is 2.44 bits per heavy atom. The summed E-state index contributed by atoms with van der Waals surface area (Å²) in [5.74, 6) is 2.36. The molecule has 0 amide bonds. The fraction of sp³-hybridized carbons (Fsp3) is 0.684. The first-order valence-corrected chi connectivity index (χ1v) is 11.1. The van der Waals surface area contributed by atoms with Gasteiger partial charge in [-0.25, -0.2) is 8.42 Å². The van der Waals surface area contributed by atoms with Gasteiger partial charge in [-0.3, -0.25) is 9.80 Å². The van der Waals surface area contributed by atoms with Crippen molar-refractivity contribution in [1.82, 2.24) is 9.80 Å². The van der Waals surface area contributed by atoms with Crippen LogP contribution in [0.2, 0.25) is 0 Å². The largest absolute Gasteiger partial charge is 0.496 e. The molecule has 0 bridgehead atoms. The van der Waals surface area contributed by atoms with Gasteiger partial charge in [-0.05, 0) is 42.9 Å². The molecule has 4 rings (SSSR count). The summed E-state index contributed by atoms with van der Waals surface area (Å²) < 4.78 is 30.0. The van der Waals surface area contributed by atoms with E-state index < -0.39 is 9.84 Å². The van der Waals surface area contributed by atoms with Crippen LogP contribution in [0, 0.1) is 12.8 Å². The number of ether oxygens (including phenoxy) is 1. The lowest BCUT2D eigenvalue weighted by Crippen LogP contribution is -2.59. The van der Waals surface area contributed by atoms with Crippen molar-refractivity contribution in [3.63, 3.8) is 0 Å². The van der Waals surface area contributed by atoms with E-state index in [9.17, 15) is 8.42 Å². The van der Waals surface area contributed by atoms with Gasteiger partial charge in [-0.2, -0.15) is 0 Å². The third-order valence-corrected chi connectivity index (χ3v) is 7.64. The number of hydrogen-bond donors (Lipinski definition) is 0. The molecule has 0 N–H and O–H groups in total. The molecule has 0 aromatic heterocycles. The second-order valence-electron chi connectivity index (χ2n) is 7.92. The van der Waals surface area contributed by atoms with Crippen molar-refractivity contribution in [2.45, 2.75) is 38.4 Å². The summed E-state index contributed by atoms with van der Waals surface area (Å²) in [4.78, 5) is 4.85. The summed E-state index contributed by atoms with van der Waals surface area (Å²) in [5.41, 5.74) is 2.36. The highest BCUT2D eigenvalue weighted by molar-refractivity contribution is 7.91. The van der Waals surface area contributed by atoms with Crippen molar-refractivity contribution in [2.24, 2.45) is 5.92 Å². The van der Waals surface area contributed by atoms with Crippen LogP contribution in [0.1, 0.15) is 24.0 Å². The van der Waals surface area contributed by atoms with Gasteiger partial charge in [-0.1, -0.05) is 12.1 Å². The molecule has 6 heteroatoms. The molecule has 0 unspecified atom stereocenters. The first-order chi connectivity index (χ1) is 11.9. The summed E-state index contributed by atoms with van der Waals surface area (Å²) in [6.07, 6.45) is 2.63. The highest BCUT2D eigenvalue weighted by Crippen LogP contribution is 2.34. The van der Waals surface area contributed by atoms with Gasteiger partial charge in [0.25, 0.3) is 0 Å². The van der Waals surface area contributed by atoms with Crippen LogP contribution in [0.5, 0.6) is 5.75 Å². The van der Waals surface area contributed by atoms with Crippen LogP contribution in [-0.4, -0.2) is 68.6 Å². The van der Waals surface area contributed by atoms with E-state index in [4.69, 9.17) is 4.74 Å². The zero-order valence-electron chi connectivity index (χ0n) is 15.1. The van der Waals surface area contributed by atoms with Gasteiger partial charge in [0.2, 0.25) is 0 Å². The van der Waals surface area contributed by atoms with Crippen LogP contribution >= 0.6 is 0 Å². The molecule has 5 nitrogen and oxygen atoms in total. The highest BCUT2D eigenvalue weighted by Gasteiger charge is 2.47. The Hall–Kier alpha value is -1.11. The Morgan fingerprint density at radius 2 is 1.80 bits per heavy atom. The van der Waals surface area contributed by atoms with E-state index in [-0.39, 0.29) is 12.1 Å². The van der Waals surface area contributed by atoms with Crippen molar-refractivity contribution >= 4 is 9.84 Å². The number of benzene rings is 1. The van der Waals surface area contributed by atoms with E-state index in [1.165, 1.54) is 18.4 Å². The molecule has 3 aliphatic rings. The minimum atomic E-state index is -2.92. The molecule has 25 heavy (non-hydrogen) atoms. The van der Waals surface area contributed by atoms with Crippen molar-refractivity contribution in [1.29, 1.82) is 0 Å². The molecule has 3 fully saturated rings. The van der Waals surface area contributed by atoms with E-state index in [1.54, 1.807) is 7.11 Å². The maximum atomic E-state index is 12.3. The van der Waals surface area contributed by atoms with Crippen LogP contribution in [0.25, 0.3) is 0 Å². The zero-order chi connectivity index (χ0) is 17.6. The van der Waals surface area contributed by atoms with E-state index in [0.29, 0.717) is 11.5 Å². The molecule has 1 aliphatic carbocycles. The van der Waals surface area contributed by atoms with Crippen molar-refractivity contribution in [3.8, 4) is 5.75 Å². The molecule has 0 spiro atoms. The fourth-order valence-corrected chi connectivity index (χ4v) is 6.47. The summed E-state index contributed by atoms with van der Waals surface area (Å²) in [6, 6.07) is 6.59. The lowest BCUT2D eigenvalue weighted by molar-refractivity contribution is 0.0376. The molecule has 1 aromatic carbocycles. The Labute approximate surface area is 150 Å². The molecule has 2 heterocycles. The zero-order valence-corrected chi connectivity index (χ0v) is 16.0. The molecule has 0 radical (unpaired) electrons. The monoisotopic (exact) mass is 364 g/mol. The first-order valence-electron chi connectivity index (χ1n) is 9.27. The number of nitrogens with zero attached hydrogens (tertiary/aromatic N) is 2. The average Bonchev–Trinajstić information content (AvgIpc) is 3.30. The van der Waals surface area contributed by atoms with Crippen LogP contribution in [0.3, 0.4) is 0 Å². The Balaban J connectivity index is 1.51. The summed E-state index contributed by atoms with van der Waals surface area (Å²) in [5, 5.41) is 0. The standard InChI is InChI=1S/C19H28N2O3S/c1-14-9-16(5-6-19(14)24-2)11-21-8-7-20(10-15-3-4-15)17-12-25(22,23)13-18(17)21/h5-6,9,15,17-18H,3-4,7-8,10-13H2,1-2H3/t17-,18+/m1/s1. The molecule has 1 aromatic rings. The van der Waals surface area contributed by atoms with Gasteiger partial charge in [-0.15, -0.1) is 0 Å². The maximum Gasteiger partial charge on any atom is 0.153 e. The Kier molecular flexibility index (Phi) is 4.54. The SMILES string of the molecule is COc1ccc(CN2CCN(CC3CC3)[C@@H]3CS(=O)(=O)C[C@@H]32)cc1C. The van der Waals surface area contributed by atoms with Crippen LogP contribution in [0.15, 0.2) is 18.2 Å². The number of methoxy groups -OCH3 is 1. The third kappa shape index (κ3) is 3.71. The number of rotatable bonds is 5.